The van der Waals surface area contributed by atoms with E-state index in [0.717, 1.165) is 25.1 Å². The smallest absolute Gasteiger partial charge is 0.183 e. The number of unbranched alkanes of at least 4 members (excludes halogenated alkanes) is 1. The van der Waals surface area contributed by atoms with Gasteiger partial charge in [0.25, 0.3) is 0 Å². The van der Waals surface area contributed by atoms with Crippen molar-refractivity contribution >= 4 is 5.84 Å². The maximum absolute atomic E-state index is 9.88. The zero-order valence-corrected chi connectivity index (χ0v) is 9.91. The normalized spacial score (nSPS) is 41.4. The number of amidine groups is 1. The first kappa shape index (κ1) is 12.8. The average Bonchev–Trinajstić information content (AvgIpc) is 2.34. The molecule has 0 spiro atoms. The fourth-order valence-electron chi connectivity index (χ4n) is 2.21. The highest BCUT2D eigenvalue weighted by molar-refractivity contribution is 5.83. The van der Waals surface area contributed by atoms with Gasteiger partial charge in [-0.05, 0) is 6.42 Å². The van der Waals surface area contributed by atoms with Crippen LogP contribution in [0.15, 0.2) is 4.99 Å². The Balaban J connectivity index is 2.01. The quantitative estimate of drug-likeness (QED) is 0.510. The molecular weight excluding hydrogens is 224 g/mol. The van der Waals surface area contributed by atoms with Crippen LogP contribution in [0.5, 0.6) is 0 Å². The van der Waals surface area contributed by atoms with Crippen molar-refractivity contribution in [3.63, 3.8) is 0 Å². The summed E-state index contributed by atoms with van der Waals surface area (Å²) in [6.45, 7) is 2.52. The van der Waals surface area contributed by atoms with Crippen molar-refractivity contribution in [2.75, 3.05) is 6.54 Å². The van der Waals surface area contributed by atoms with Crippen LogP contribution in [0.1, 0.15) is 26.2 Å². The van der Waals surface area contributed by atoms with Gasteiger partial charge < -0.3 is 25.4 Å². The summed E-state index contributed by atoms with van der Waals surface area (Å²) in [5.74, 6) is 0.847. The zero-order chi connectivity index (χ0) is 12.4. The highest BCUT2D eigenvalue weighted by Crippen LogP contribution is 2.22. The molecule has 17 heavy (non-hydrogen) atoms. The molecule has 0 aliphatic carbocycles. The predicted octanol–water partition coefficient (Wildman–Crippen LogP) is -1.01. The minimum absolute atomic E-state index is 0.381. The molecule has 0 aromatic rings. The Kier molecular flexibility index (Phi) is 3.98. The van der Waals surface area contributed by atoms with Crippen molar-refractivity contribution in [3.05, 3.63) is 0 Å². The molecule has 98 valence electrons. The number of nitrogens with one attached hydrogen (secondary N) is 1. The lowest BCUT2D eigenvalue weighted by molar-refractivity contribution is -0.254. The molecule has 5 atom stereocenters. The van der Waals surface area contributed by atoms with Crippen molar-refractivity contribution in [2.45, 2.75) is 56.8 Å². The average molecular weight is 244 g/mol. The fourth-order valence-corrected chi connectivity index (χ4v) is 2.21. The van der Waals surface area contributed by atoms with Crippen LogP contribution < -0.4 is 5.32 Å². The molecule has 1 fully saturated rings. The van der Waals surface area contributed by atoms with Gasteiger partial charge in [0.05, 0.1) is 18.4 Å². The third-order valence-corrected chi connectivity index (χ3v) is 3.29. The standard InChI is InChI=1S/C11H20N2O4/c1-2-3-4-7-12-5-6-8(13-7)9(14)10(15)11(16)17-6/h6,8-11,14-16H,2-5H2,1H3,(H,12,13). The molecule has 2 rings (SSSR count). The van der Waals surface area contributed by atoms with Gasteiger partial charge in [-0.2, -0.15) is 0 Å². The predicted molar refractivity (Wildman–Crippen MR) is 61.6 cm³/mol. The molecule has 0 amide bonds. The molecule has 2 aliphatic rings. The number of rotatable bonds is 3. The van der Waals surface area contributed by atoms with Crippen LogP contribution in [0.2, 0.25) is 0 Å². The maximum atomic E-state index is 9.88. The summed E-state index contributed by atoms with van der Waals surface area (Å²) < 4.78 is 5.20. The second-order valence-electron chi connectivity index (χ2n) is 4.61. The van der Waals surface area contributed by atoms with Gasteiger partial charge in [0.15, 0.2) is 6.29 Å². The highest BCUT2D eigenvalue weighted by Gasteiger charge is 2.45. The second-order valence-corrected chi connectivity index (χ2v) is 4.61. The molecule has 2 aliphatic heterocycles. The van der Waals surface area contributed by atoms with Gasteiger partial charge in [0, 0.05) is 6.42 Å². The van der Waals surface area contributed by atoms with Gasteiger partial charge in [0.1, 0.15) is 18.3 Å². The number of nitrogens with zero attached hydrogens (tertiary/aromatic N) is 1. The molecule has 6 heteroatoms. The molecule has 4 N–H and O–H groups in total. The first-order valence-corrected chi connectivity index (χ1v) is 6.13. The van der Waals surface area contributed by atoms with E-state index in [-0.39, 0.29) is 6.10 Å². The lowest BCUT2D eigenvalue weighted by atomic mass is 9.94. The molecular formula is C11H20N2O4. The summed E-state index contributed by atoms with van der Waals surface area (Å²) in [7, 11) is 0. The van der Waals surface area contributed by atoms with E-state index in [1.807, 2.05) is 0 Å². The molecule has 0 saturated carbocycles. The number of aliphatic hydroxyl groups excluding tert-OH is 3. The molecule has 1 saturated heterocycles. The molecule has 6 nitrogen and oxygen atoms in total. The van der Waals surface area contributed by atoms with Crippen molar-refractivity contribution in [3.8, 4) is 0 Å². The van der Waals surface area contributed by atoms with Crippen molar-refractivity contribution in [1.29, 1.82) is 0 Å². The summed E-state index contributed by atoms with van der Waals surface area (Å²) in [6, 6.07) is -0.391. The van der Waals surface area contributed by atoms with Gasteiger partial charge in [-0.15, -0.1) is 0 Å². The van der Waals surface area contributed by atoms with Gasteiger partial charge in [-0.25, -0.2) is 0 Å². The minimum Gasteiger partial charge on any atom is -0.388 e. The van der Waals surface area contributed by atoms with E-state index in [4.69, 9.17) is 4.74 Å². The molecule has 0 radical (unpaired) electrons. The Morgan fingerprint density at radius 2 is 2.12 bits per heavy atom. The van der Waals surface area contributed by atoms with Crippen LogP contribution in [0.4, 0.5) is 0 Å². The molecule has 0 aromatic carbocycles. The lowest BCUT2D eigenvalue weighted by Gasteiger charge is -2.43. The van der Waals surface area contributed by atoms with Gasteiger partial charge in [-0.3, -0.25) is 4.99 Å². The van der Waals surface area contributed by atoms with Gasteiger partial charge in [-0.1, -0.05) is 13.3 Å². The van der Waals surface area contributed by atoms with Crippen LogP contribution >= 0.6 is 0 Å². The number of hydrogen-bond donors (Lipinski definition) is 4. The second kappa shape index (κ2) is 5.30. The SMILES string of the molecule is CCCCC1=NCC2OC(O)C(O)C(O)C2N1. The first-order chi connectivity index (χ1) is 8.13. The Hall–Kier alpha value is -0.690. The van der Waals surface area contributed by atoms with Crippen molar-refractivity contribution < 1.29 is 20.1 Å². The van der Waals surface area contributed by atoms with Crippen LogP contribution in [0, 0.1) is 0 Å². The Labute approximate surface area is 100 Å². The minimum atomic E-state index is -1.33. The summed E-state index contributed by atoms with van der Waals surface area (Å²) in [6.07, 6.45) is -1.06. The molecule has 2 heterocycles. The molecule has 5 unspecified atom stereocenters. The van der Waals surface area contributed by atoms with Crippen LogP contribution in [-0.4, -0.2) is 58.3 Å². The summed E-state index contributed by atoms with van der Waals surface area (Å²) in [5, 5.41) is 31.9. The Bertz CT molecular complexity index is 297. The largest absolute Gasteiger partial charge is 0.388 e. The lowest BCUT2D eigenvalue weighted by Crippen LogP contribution is -2.65. The van der Waals surface area contributed by atoms with Gasteiger partial charge in [0.2, 0.25) is 0 Å². The van der Waals surface area contributed by atoms with Crippen molar-refractivity contribution in [2.24, 2.45) is 4.99 Å². The van der Waals surface area contributed by atoms with E-state index in [9.17, 15) is 15.3 Å². The summed E-state index contributed by atoms with van der Waals surface area (Å²) >= 11 is 0. The van der Waals surface area contributed by atoms with Crippen LogP contribution in [0.3, 0.4) is 0 Å². The highest BCUT2D eigenvalue weighted by atomic mass is 16.6. The third kappa shape index (κ3) is 2.60. The summed E-state index contributed by atoms with van der Waals surface area (Å²) in [5.41, 5.74) is 0. The molecule has 0 bridgehead atoms. The summed E-state index contributed by atoms with van der Waals surface area (Å²) in [4.78, 5) is 4.32. The van der Waals surface area contributed by atoms with Crippen molar-refractivity contribution in [1.82, 2.24) is 5.32 Å². The Morgan fingerprint density at radius 1 is 1.35 bits per heavy atom. The third-order valence-electron chi connectivity index (χ3n) is 3.29. The number of aliphatic hydroxyl groups is 3. The zero-order valence-electron chi connectivity index (χ0n) is 9.91. The van der Waals surface area contributed by atoms with Crippen LogP contribution in [0.25, 0.3) is 0 Å². The number of fused-ring (bicyclic) bond motifs is 1. The number of hydrogen-bond acceptors (Lipinski definition) is 6. The van der Waals surface area contributed by atoms with E-state index >= 15 is 0 Å². The van der Waals surface area contributed by atoms with E-state index in [2.05, 4.69) is 17.2 Å². The number of ether oxygens (including phenoxy) is 1. The van der Waals surface area contributed by atoms with Gasteiger partial charge >= 0.3 is 0 Å². The number of aliphatic imine (C=N–C) groups is 1. The monoisotopic (exact) mass is 244 g/mol. The van der Waals surface area contributed by atoms with E-state index in [0.29, 0.717) is 6.54 Å². The van der Waals surface area contributed by atoms with E-state index < -0.39 is 24.5 Å². The van der Waals surface area contributed by atoms with E-state index in [1.165, 1.54) is 0 Å². The fraction of sp³-hybridized carbons (Fsp3) is 0.909. The maximum Gasteiger partial charge on any atom is 0.183 e. The van der Waals surface area contributed by atoms with Crippen LogP contribution in [-0.2, 0) is 4.74 Å². The Morgan fingerprint density at radius 3 is 2.82 bits per heavy atom. The topological polar surface area (TPSA) is 94.3 Å². The first-order valence-electron chi connectivity index (χ1n) is 6.13. The van der Waals surface area contributed by atoms with E-state index in [1.54, 1.807) is 0 Å². The molecule has 0 aromatic heterocycles.